The van der Waals surface area contributed by atoms with Crippen LogP contribution in [0.25, 0.3) is 0 Å². The van der Waals surface area contributed by atoms with Gasteiger partial charge in [0.25, 0.3) is 0 Å². The molecule has 7 heteroatoms. The highest BCUT2D eigenvalue weighted by Gasteiger charge is 2.11. The van der Waals surface area contributed by atoms with Gasteiger partial charge in [-0.1, -0.05) is 54.2 Å². The van der Waals surface area contributed by atoms with Crippen LogP contribution in [0.3, 0.4) is 0 Å². The fraction of sp³-hybridized carbons (Fsp3) is 0.238. The Morgan fingerprint density at radius 3 is 2.57 bits per heavy atom. The van der Waals surface area contributed by atoms with E-state index in [0.717, 1.165) is 12.0 Å². The summed E-state index contributed by atoms with van der Waals surface area (Å²) in [6.07, 6.45) is 2.53. The van der Waals surface area contributed by atoms with Crippen LogP contribution in [0.5, 0.6) is 0 Å². The number of hydrogen-bond donors (Lipinski definition) is 2. The summed E-state index contributed by atoms with van der Waals surface area (Å²) in [7, 11) is 0. The third kappa shape index (κ3) is 5.94. The summed E-state index contributed by atoms with van der Waals surface area (Å²) >= 11 is 1.31. The van der Waals surface area contributed by atoms with Crippen molar-refractivity contribution in [2.24, 2.45) is 0 Å². The molecule has 0 aliphatic carbocycles. The molecule has 0 aliphatic heterocycles. The molecule has 0 bridgehead atoms. The molecule has 2 aromatic carbocycles. The van der Waals surface area contributed by atoms with Gasteiger partial charge in [0.2, 0.25) is 5.91 Å². The van der Waals surface area contributed by atoms with Crippen LogP contribution in [-0.2, 0) is 24.4 Å². The van der Waals surface area contributed by atoms with Gasteiger partial charge in [0, 0.05) is 19.3 Å². The van der Waals surface area contributed by atoms with Gasteiger partial charge >= 0.3 is 0 Å². The van der Waals surface area contributed by atoms with Crippen molar-refractivity contribution in [1.82, 2.24) is 14.9 Å². The zero-order chi connectivity index (χ0) is 19.8. The molecule has 0 aliphatic rings. The standard InChI is InChI=1S/C21H22FN3O2S/c22-18-8-6-17(7-9-18)12-25-13-19(14-26)24-21(25)28-15-20(27)23-11-10-16-4-2-1-3-5-16/h1-9,13,26H,10-12,14-15H2,(H,23,27). The smallest absolute Gasteiger partial charge is 0.230 e. The van der Waals surface area contributed by atoms with E-state index in [2.05, 4.69) is 10.3 Å². The first-order valence-corrected chi connectivity index (χ1v) is 9.97. The SMILES string of the molecule is O=C(CSc1nc(CO)cn1Cc1ccc(F)cc1)NCCc1ccccc1. The molecule has 0 unspecified atom stereocenters. The van der Waals surface area contributed by atoms with Crippen LogP contribution < -0.4 is 5.32 Å². The van der Waals surface area contributed by atoms with E-state index >= 15 is 0 Å². The number of halogens is 1. The Morgan fingerprint density at radius 2 is 1.86 bits per heavy atom. The number of hydrogen-bond acceptors (Lipinski definition) is 4. The van der Waals surface area contributed by atoms with Gasteiger partial charge in [0.1, 0.15) is 5.82 Å². The van der Waals surface area contributed by atoms with E-state index in [4.69, 9.17) is 0 Å². The second-order valence-corrected chi connectivity index (χ2v) is 7.24. The van der Waals surface area contributed by atoms with Crippen LogP contribution in [0.1, 0.15) is 16.8 Å². The van der Waals surface area contributed by atoms with Gasteiger partial charge in [-0.2, -0.15) is 0 Å². The lowest BCUT2D eigenvalue weighted by molar-refractivity contribution is -0.118. The van der Waals surface area contributed by atoms with Crippen molar-refractivity contribution in [3.05, 3.63) is 83.4 Å². The Balaban J connectivity index is 1.53. The Morgan fingerprint density at radius 1 is 1.11 bits per heavy atom. The van der Waals surface area contributed by atoms with Gasteiger partial charge in [0.05, 0.1) is 18.1 Å². The van der Waals surface area contributed by atoms with Crippen LogP contribution in [0.2, 0.25) is 0 Å². The second kappa shape index (κ2) is 10.1. The Hall–Kier alpha value is -2.64. The van der Waals surface area contributed by atoms with E-state index < -0.39 is 0 Å². The van der Waals surface area contributed by atoms with Gasteiger partial charge < -0.3 is 15.0 Å². The quantitative estimate of drug-likeness (QED) is 0.543. The summed E-state index contributed by atoms with van der Waals surface area (Å²) in [5.74, 6) is -0.116. The van der Waals surface area contributed by atoms with E-state index in [1.54, 1.807) is 18.3 Å². The maximum absolute atomic E-state index is 13.1. The first-order valence-electron chi connectivity index (χ1n) is 8.99. The fourth-order valence-electron chi connectivity index (χ4n) is 2.71. The van der Waals surface area contributed by atoms with E-state index in [-0.39, 0.29) is 24.1 Å². The number of imidazole rings is 1. The van der Waals surface area contributed by atoms with Crippen molar-refractivity contribution >= 4 is 17.7 Å². The van der Waals surface area contributed by atoms with Crippen LogP contribution in [0.15, 0.2) is 66.0 Å². The van der Waals surface area contributed by atoms with E-state index in [0.29, 0.717) is 23.9 Å². The molecule has 146 valence electrons. The van der Waals surface area contributed by atoms with Gasteiger partial charge in [-0.05, 0) is 29.7 Å². The number of benzene rings is 2. The molecule has 0 saturated carbocycles. The minimum atomic E-state index is -0.285. The van der Waals surface area contributed by atoms with Gasteiger partial charge in [-0.15, -0.1) is 0 Å². The van der Waals surface area contributed by atoms with Crippen LogP contribution in [0.4, 0.5) is 4.39 Å². The molecule has 0 atom stereocenters. The summed E-state index contributed by atoms with van der Waals surface area (Å²) in [6, 6.07) is 16.2. The highest BCUT2D eigenvalue weighted by atomic mass is 32.2. The lowest BCUT2D eigenvalue weighted by atomic mass is 10.1. The number of thioether (sulfide) groups is 1. The molecule has 5 nitrogen and oxygen atoms in total. The average Bonchev–Trinajstić information content (AvgIpc) is 3.11. The monoisotopic (exact) mass is 399 g/mol. The van der Waals surface area contributed by atoms with Crippen molar-refractivity contribution in [2.45, 2.75) is 24.7 Å². The Kier molecular flexibility index (Phi) is 7.22. The summed E-state index contributed by atoms with van der Waals surface area (Å²) in [6.45, 7) is 0.897. The highest BCUT2D eigenvalue weighted by Crippen LogP contribution is 2.19. The minimum absolute atomic E-state index is 0.0668. The molecule has 3 aromatic rings. The summed E-state index contributed by atoms with van der Waals surface area (Å²) in [4.78, 5) is 16.5. The van der Waals surface area contributed by atoms with Gasteiger partial charge in [0.15, 0.2) is 5.16 Å². The third-order valence-corrected chi connectivity index (χ3v) is 5.12. The number of rotatable bonds is 9. The molecule has 1 amide bonds. The number of carbonyl (C=O) groups is 1. The van der Waals surface area contributed by atoms with Gasteiger partial charge in [-0.25, -0.2) is 9.37 Å². The molecule has 0 saturated heterocycles. The van der Waals surface area contributed by atoms with E-state index in [1.165, 1.54) is 29.5 Å². The molecular weight excluding hydrogens is 377 g/mol. The van der Waals surface area contributed by atoms with E-state index in [1.807, 2.05) is 34.9 Å². The second-order valence-electron chi connectivity index (χ2n) is 6.30. The summed E-state index contributed by atoms with van der Waals surface area (Å²) in [5.41, 5.74) is 2.63. The van der Waals surface area contributed by atoms with Crippen molar-refractivity contribution in [2.75, 3.05) is 12.3 Å². The molecule has 0 fully saturated rings. The number of aliphatic hydroxyl groups is 1. The number of nitrogens with one attached hydrogen (secondary N) is 1. The van der Waals surface area contributed by atoms with Crippen LogP contribution in [-0.4, -0.2) is 32.9 Å². The lowest BCUT2D eigenvalue weighted by Gasteiger charge is -2.08. The first-order chi connectivity index (χ1) is 13.6. The zero-order valence-corrected chi connectivity index (χ0v) is 16.2. The molecular formula is C21H22FN3O2S. The lowest BCUT2D eigenvalue weighted by Crippen LogP contribution is -2.27. The highest BCUT2D eigenvalue weighted by molar-refractivity contribution is 7.99. The van der Waals surface area contributed by atoms with Crippen molar-refractivity contribution in [1.29, 1.82) is 0 Å². The largest absolute Gasteiger partial charge is 0.390 e. The Labute approximate surface area is 167 Å². The van der Waals surface area contributed by atoms with Crippen molar-refractivity contribution in [3.63, 3.8) is 0 Å². The van der Waals surface area contributed by atoms with Crippen molar-refractivity contribution < 1.29 is 14.3 Å². The number of carbonyl (C=O) groups excluding carboxylic acids is 1. The molecule has 0 spiro atoms. The first kappa shape index (κ1) is 20.1. The number of aliphatic hydroxyl groups excluding tert-OH is 1. The maximum atomic E-state index is 13.1. The number of amides is 1. The molecule has 1 aromatic heterocycles. The average molecular weight is 399 g/mol. The third-order valence-electron chi connectivity index (χ3n) is 4.13. The molecule has 2 N–H and O–H groups in total. The maximum Gasteiger partial charge on any atom is 0.230 e. The minimum Gasteiger partial charge on any atom is -0.390 e. The van der Waals surface area contributed by atoms with Gasteiger partial charge in [-0.3, -0.25) is 4.79 Å². The van der Waals surface area contributed by atoms with Crippen molar-refractivity contribution in [3.8, 4) is 0 Å². The normalized spacial score (nSPS) is 10.8. The fourth-order valence-corrected chi connectivity index (χ4v) is 3.54. The number of nitrogens with zero attached hydrogens (tertiary/aromatic N) is 2. The van der Waals surface area contributed by atoms with E-state index in [9.17, 15) is 14.3 Å². The topological polar surface area (TPSA) is 67.1 Å². The predicted molar refractivity (Wildman–Crippen MR) is 108 cm³/mol. The molecule has 3 rings (SSSR count). The Bertz CT molecular complexity index is 898. The summed E-state index contributed by atoms with van der Waals surface area (Å²) < 4.78 is 14.9. The molecule has 0 radical (unpaired) electrons. The molecule has 28 heavy (non-hydrogen) atoms. The van der Waals surface area contributed by atoms with Crippen LogP contribution in [0, 0.1) is 5.82 Å². The molecule has 1 heterocycles. The zero-order valence-electron chi connectivity index (χ0n) is 15.3. The van der Waals surface area contributed by atoms with Crippen LogP contribution >= 0.6 is 11.8 Å². The summed E-state index contributed by atoms with van der Waals surface area (Å²) in [5, 5.41) is 12.9. The predicted octanol–water partition coefficient (Wildman–Crippen LogP) is 3.01. The number of aromatic nitrogens is 2.